The average molecular weight is 256 g/mol. The largest absolute Gasteiger partial charge is 0.480 e. The molecule has 1 aliphatic carbocycles. The average Bonchev–Trinajstić information content (AvgIpc) is 2.36. The van der Waals surface area contributed by atoms with Crippen molar-refractivity contribution in [2.75, 3.05) is 6.54 Å². The standard InChI is InChI=1S/C13H24N2O3/c1-3-10-4-6-11(7-5-10)8-14-13(18)15-9(2)12(16)17/h9-11H,3-8H2,1-2H3,(H,16,17)(H2,14,15,18)/t9-,10?,11?/m0/s1. The zero-order valence-corrected chi connectivity index (χ0v) is 11.2. The van der Waals surface area contributed by atoms with Gasteiger partial charge < -0.3 is 15.7 Å². The summed E-state index contributed by atoms with van der Waals surface area (Å²) in [7, 11) is 0. The highest BCUT2D eigenvalue weighted by Crippen LogP contribution is 2.29. The smallest absolute Gasteiger partial charge is 0.325 e. The van der Waals surface area contributed by atoms with Crippen molar-refractivity contribution in [3.05, 3.63) is 0 Å². The van der Waals surface area contributed by atoms with E-state index in [1.54, 1.807) is 0 Å². The van der Waals surface area contributed by atoms with E-state index in [-0.39, 0.29) is 6.03 Å². The van der Waals surface area contributed by atoms with Gasteiger partial charge in [0.1, 0.15) is 6.04 Å². The second-order valence-corrected chi connectivity index (χ2v) is 5.21. The van der Waals surface area contributed by atoms with Crippen molar-refractivity contribution in [3.63, 3.8) is 0 Å². The van der Waals surface area contributed by atoms with Crippen molar-refractivity contribution in [1.82, 2.24) is 10.6 Å². The number of urea groups is 1. The molecule has 0 aliphatic heterocycles. The highest BCUT2D eigenvalue weighted by molar-refractivity contribution is 5.82. The maximum atomic E-state index is 11.4. The number of rotatable bonds is 5. The van der Waals surface area contributed by atoms with Crippen LogP contribution in [0.15, 0.2) is 0 Å². The second kappa shape index (κ2) is 7.24. The number of carboxylic acid groups (broad SMARTS) is 1. The van der Waals surface area contributed by atoms with Gasteiger partial charge in [-0.1, -0.05) is 26.2 Å². The maximum absolute atomic E-state index is 11.4. The number of nitrogens with one attached hydrogen (secondary N) is 2. The molecule has 0 saturated heterocycles. The third-order valence-electron chi connectivity index (χ3n) is 3.81. The molecule has 1 atom stereocenters. The van der Waals surface area contributed by atoms with E-state index in [1.165, 1.54) is 26.2 Å². The molecule has 0 unspecified atom stereocenters. The second-order valence-electron chi connectivity index (χ2n) is 5.21. The minimum Gasteiger partial charge on any atom is -0.480 e. The summed E-state index contributed by atoms with van der Waals surface area (Å²) < 4.78 is 0. The number of carbonyl (C=O) groups excluding carboxylic acids is 1. The summed E-state index contributed by atoms with van der Waals surface area (Å²) in [5.41, 5.74) is 0. The summed E-state index contributed by atoms with van der Waals surface area (Å²) >= 11 is 0. The van der Waals surface area contributed by atoms with Crippen LogP contribution in [0.4, 0.5) is 4.79 Å². The van der Waals surface area contributed by atoms with Gasteiger partial charge in [0.15, 0.2) is 0 Å². The van der Waals surface area contributed by atoms with Crippen molar-refractivity contribution in [1.29, 1.82) is 0 Å². The monoisotopic (exact) mass is 256 g/mol. The number of carboxylic acids is 1. The predicted molar refractivity (Wildman–Crippen MR) is 69.4 cm³/mol. The zero-order valence-electron chi connectivity index (χ0n) is 11.2. The summed E-state index contributed by atoms with van der Waals surface area (Å²) in [6.45, 7) is 4.33. The van der Waals surface area contributed by atoms with E-state index in [0.29, 0.717) is 12.5 Å². The van der Waals surface area contributed by atoms with E-state index < -0.39 is 12.0 Å². The minimum absolute atomic E-state index is 0.387. The molecular weight excluding hydrogens is 232 g/mol. The first-order valence-electron chi connectivity index (χ1n) is 6.80. The van der Waals surface area contributed by atoms with Gasteiger partial charge in [-0.15, -0.1) is 0 Å². The first-order valence-corrected chi connectivity index (χ1v) is 6.80. The van der Waals surface area contributed by atoms with Gasteiger partial charge in [-0.3, -0.25) is 4.79 Å². The fraction of sp³-hybridized carbons (Fsp3) is 0.846. The van der Waals surface area contributed by atoms with Crippen LogP contribution in [0.2, 0.25) is 0 Å². The lowest BCUT2D eigenvalue weighted by atomic mass is 9.81. The van der Waals surface area contributed by atoms with E-state index >= 15 is 0 Å². The Balaban J connectivity index is 2.17. The Morgan fingerprint density at radius 1 is 1.22 bits per heavy atom. The Morgan fingerprint density at radius 3 is 2.28 bits per heavy atom. The molecule has 18 heavy (non-hydrogen) atoms. The van der Waals surface area contributed by atoms with E-state index in [0.717, 1.165) is 18.8 Å². The molecular formula is C13H24N2O3. The molecule has 0 radical (unpaired) electrons. The predicted octanol–water partition coefficient (Wildman–Crippen LogP) is 1.98. The van der Waals surface area contributed by atoms with Gasteiger partial charge in [-0.2, -0.15) is 0 Å². The van der Waals surface area contributed by atoms with Crippen molar-refractivity contribution in [3.8, 4) is 0 Å². The fourth-order valence-corrected chi connectivity index (χ4v) is 2.39. The molecule has 0 spiro atoms. The number of hydrogen-bond acceptors (Lipinski definition) is 2. The van der Waals surface area contributed by atoms with Gasteiger partial charge >= 0.3 is 12.0 Å². The SMILES string of the molecule is CCC1CCC(CNC(=O)N[C@@H](C)C(=O)O)CC1. The van der Waals surface area contributed by atoms with Crippen LogP contribution >= 0.6 is 0 Å². The molecule has 1 fully saturated rings. The molecule has 5 heteroatoms. The van der Waals surface area contributed by atoms with Gasteiger partial charge in [-0.25, -0.2) is 4.79 Å². The topological polar surface area (TPSA) is 78.4 Å². The van der Waals surface area contributed by atoms with Crippen LogP contribution in [0.3, 0.4) is 0 Å². The van der Waals surface area contributed by atoms with Crippen LogP contribution in [0, 0.1) is 11.8 Å². The summed E-state index contributed by atoms with van der Waals surface area (Å²) in [5.74, 6) is 0.370. The van der Waals surface area contributed by atoms with E-state index in [9.17, 15) is 9.59 Å². The molecule has 0 aromatic heterocycles. The highest BCUT2D eigenvalue weighted by Gasteiger charge is 2.21. The van der Waals surface area contributed by atoms with Crippen molar-refractivity contribution < 1.29 is 14.7 Å². The van der Waals surface area contributed by atoms with Crippen molar-refractivity contribution >= 4 is 12.0 Å². The Labute approximate surface area is 108 Å². The van der Waals surface area contributed by atoms with Gasteiger partial charge in [0, 0.05) is 6.54 Å². The van der Waals surface area contributed by atoms with Crippen LogP contribution in [-0.2, 0) is 4.79 Å². The molecule has 0 heterocycles. The van der Waals surface area contributed by atoms with Crippen LogP contribution in [-0.4, -0.2) is 29.7 Å². The fourth-order valence-electron chi connectivity index (χ4n) is 2.39. The molecule has 5 nitrogen and oxygen atoms in total. The Hall–Kier alpha value is -1.26. The van der Waals surface area contributed by atoms with E-state index in [1.807, 2.05) is 0 Å². The molecule has 0 aromatic rings. The van der Waals surface area contributed by atoms with Crippen LogP contribution in [0.5, 0.6) is 0 Å². The van der Waals surface area contributed by atoms with Crippen LogP contribution in [0.25, 0.3) is 0 Å². The third kappa shape index (κ3) is 4.94. The third-order valence-corrected chi connectivity index (χ3v) is 3.81. The lowest BCUT2D eigenvalue weighted by molar-refractivity contribution is -0.138. The molecule has 0 aromatic carbocycles. The Morgan fingerprint density at radius 2 is 1.78 bits per heavy atom. The normalized spacial score (nSPS) is 25.2. The van der Waals surface area contributed by atoms with Crippen LogP contribution < -0.4 is 10.6 Å². The maximum Gasteiger partial charge on any atom is 0.325 e. The van der Waals surface area contributed by atoms with Gasteiger partial charge in [-0.05, 0) is 31.6 Å². The van der Waals surface area contributed by atoms with E-state index in [4.69, 9.17) is 5.11 Å². The number of hydrogen-bond donors (Lipinski definition) is 3. The molecule has 1 rings (SSSR count). The van der Waals surface area contributed by atoms with Crippen LogP contribution in [0.1, 0.15) is 46.0 Å². The number of aliphatic carboxylic acids is 1. The minimum atomic E-state index is -1.02. The molecule has 104 valence electrons. The highest BCUT2D eigenvalue weighted by atomic mass is 16.4. The molecule has 1 aliphatic rings. The van der Waals surface area contributed by atoms with Crippen molar-refractivity contribution in [2.24, 2.45) is 11.8 Å². The summed E-state index contributed by atoms with van der Waals surface area (Å²) in [4.78, 5) is 22.0. The van der Waals surface area contributed by atoms with Crippen molar-refractivity contribution in [2.45, 2.75) is 52.0 Å². The first-order chi connectivity index (χ1) is 8.52. The molecule has 1 saturated carbocycles. The summed E-state index contributed by atoms with van der Waals surface area (Å²) in [5, 5.41) is 13.8. The van der Waals surface area contributed by atoms with E-state index in [2.05, 4.69) is 17.6 Å². The molecule has 2 amide bonds. The van der Waals surface area contributed by atoms with Gasteiger partial charge in [0.2, 0.25) is 0 Å². The first kappa shape index (κ1) is 14.8. The zero-order chi connectivity index (χ0) is 13.5. The Bertz CT molecular complexity index is 286. The lowest BCUT2D eigenvalue weighted by Crippen LogP contribution is -2.45. The molecule has 3 N–H and O–H groups in total. The van der Waals surface area contributed by atoms with Gasteiger partial charge in [0.05, 0.1) is 0 Å². The lowest BCUT2D eigenvalue weighted by Gasteiger charge is -2.27. The quantitative estimate of drug-likeness (QED) is 0.703. The molecule has 0 bridgehead atoms. The summed E-state index contributed by atoms with van der Waals surface area (Å²) in [6, 6.07) is -1.23. The number of carbonyl (C=O) groups is 2. The van der Waals surface area contributed by atoms with Gasteiger partial charge in [0.25, 0.3) is 0 Å². The Kier molecular flexibility index (Phi) is 5.95. The number of amides is 2. The summed E-state index contributed by atoms with van der Waals surface area (Å²) in [6.07, 6.45) is 6.06.